The molecule has 4 aromatic rings. The zero-order valence-corrected chi connectivity index (χ0v) is 26.9. The van der Waals surface area contributed by atoms with E-state index in [9.17, 15) is 27.6 Å². The predicted molar refractivity (Wildman–Crippen MR) is 178 cm³/mol. The van der Waals surface area contributed by atoms with Gasteiger partial charge in [0.1, 0.15) is 6.04 Å². The van der Waals surface area contributed by atoms with E-state index in [0.29, 0.717) is 48.9 Å². The van der Waals surface area contributed by atoms with Gasteiger partial charge in [-0.15, -0.1) is 0 Å². The maximum Gasteiger partial charge on any atom is 0.404 e. The topological polar surface area (TPSA) is 202 Å². The van der Waals surface area contributed by atoms with Crippen LogP contribution in [0, 0.1) is 18.8 Å². The molecular weight excluding hydrogens is 624 g/mol. The number of aromatic amines is 2. The Bertz CT molecular complexity index is 1940. The number of sulfonamides is 1. The van der Waals surface area contributed by atoms with Crippen LogP contribution in [0.25, 0.3) is 22.2 Å². The number of imidazole rings is 1. The first kappa shape index (κ1) is 33.4. The Labute approximate surface area is 271 Å². The zero-order chi connectivity index (χ0) is 33.7. The normalized spacial score (nSPS) is 17.1. The van der Waals surface area contributed by atoms with Gasteiger partial charge in [0, 0.05) is 24.6 Å². The number of carboxylic acid groups (broad SMARTS) is 1. The Kier molecular flexibility index (Phi) is 10.1. The maximum atomic E-state index is 13.6. The van der Waals surface area contributed by atoms with E-state index < -0.39 is 28.1 Å². The fraction of sp³-hybridized carbons (Fsp3) is 0.333. The summed E-state index contributed by atoms with van der Waals surface area (Å²) in [6, 6.07) is 16.5. The van der Waals surface area contributed by atoms with Gasteiger partial charge in [-0.3, -0.25) is 9.59 Å². The van der Waals surface area contributed by atoms with Crippen LogP contribution in [-0.4, -0.2) is 61.0 Å². The second-order valence-corrected chi connectivity index (χ2v) is 13.8. The van der Waals surface area contributed by atoms with Crippen LogP contribution in [-0.2, 0) is 26.0 Å². The molecule has 14 heteroatoms. The van der Waals surface area contributed by atoms with Gasteiger partial charge in [0.2, 0.25) is 21.8 Å². The van der Waals surface area contributed by atoms with Gasteiger partial charge in [0.25, 0.3) is 0 Å². The average Bonchev–Trinajstić information content (AvgIpc) is 3.43. The smallest absolute Gasteiger partial charge is 0.404 e. The summed E-state index contributed by atoms with van der Waals surface area (Å²) >= 11 is 0. The summed E-state index contributed by atoms with van der Waals surface area (Å²) in [5, 5.41) is 17.1. The number of carbonyl (C=O) groups excluding carboxylic acids is 2. The van der Waals surface area contributed by atoms with Crippen molar-refractivity contribution in [3.05, 3.63) is 82.3 Å². The van der Waals surface area contributed by atoms with Crippen LogP contribution < -0.4 is 26.4 Å². The van der Waals surface area contributed by atoms with Crippen LogP contribution in [0.1, 0.15) is 36.8 Å². The van der Waals surface area contributed by atoms with E-state index in [1.807, 2.05) is 31.2 Å². The minimum Gasteiger partial charge on any atom is -0.465 e. The lowest BCUT2D eigenvalue weighted by molar-refractivity contribution is -0.130. The number of amides is 3. The SMILES string of the molecule is CNS(=O)(=O)c1ccc(-c2ccc(C[C@H](NC(=O)[C@H]3CC[C@H](CNC(=O)O)CC3)C(=O)Nc3ccc4[nH]c(=O)[nH]c4c3)cc2)c(C)c1. The van der Waals surface area contributed by atoms with E-state index in [4.69, 9.17) is 5.11 Å². The summed E-state index contributed by atoms with van der Waals surface area (Å²) in [6.45, 7) is 2.19. The molecule has 248 valence electrons. The molecule has 0 aliphatic heterocycles. The van der Waals surface area contributed by atoms with Crippen molar-refractivity contribution in [2.24, 2.45) is 11.8 Å². The van der Waals surface area contributed by atoms with Crippen LogP contribution in [0.15, 0.2) is 70.4 Å². The molecule has 1 atom stereocenters. The number of carbonyl (C=O) groups is 3. The third kappa shape index (κ3) is 8.26. The van der Waals surface area contributed by atoms with Crippen molar-refractivity contribution in [2.45, 2.75) is 50.0 Å². The van der Waals surface area contributed by atoms with Gasteiger partial charge >= 0.3 is 11.8 Å². The van der Waals surface area contributed by atoms with Gasteiger partial charge in [-0.1, -0.05) is 30.3 Å². The molecule has 3 aromatic carbocycles. The van der Waals surface area contributed by atoms with Crippen LogP contribution in [0.2, 0.25) is 0 Å². The van der Waals surface area contributed by atoms with E-state index in [-0.39, 0.29) is 34.7 Å². The average molecular weight is 663 g/mol. The number of nitrogens with one attached hydrogen (secondary N) is 6. The molecule has 0 saturated heterocycles. The third-order valence-corrected chi connectivity index (χ3v) is 10.1. The summed E-state index contributed by atoms with van der Waals surface area (Å²) in [5.74, 6) is -0.789. The van der Waals surface area contributed by atoms with E-state index in [2.05, 4.69) is 30.6 Å². The first-order valence-corrected chi connectivity index (χ1v) is 16.8. The number of anilines is 1. The van der Waals surface area contributed by atoms with Gasteiger partial charge in [-0.25, -0.2) is 22.7 Å². The standard InChI is InChI=1S/C33H38N6O7S/c1-19-15-25(47(45,46)34-2)12-13-26(19)22-7-3-20(4-8-22)16-29(31(41)36-24-11-14-27-28(17-24)39-32(42)38-27)37-30(40)23-9-5-21(6-10-23)18-35-33(43)44/h3-4,7-8,11-15,17,21,23,29,34-35H,5-6,9-10,16,18H2,1-2H3,(H,36,41)(H,37,40)(H,43,44)(H2,38,39,42)/t21-,23-,29-/m0/s1. The molecule has 1 heterocycles. The van der Waals surface area contributed by atoms with Crippen molar-refractivity contribution in [1.29, 1.82) is 0 Å². The fourth-order valence-electron chi connectivity index (χ4n) is 6.00. The highest BCUT2D eigenvalue weighted by Gasteiger charge is 2.30. The molecule has 3 amide bonds. The molecule has 5 rings (SSSR count). The summed E-state index contributed by atoms with van der Waals surface area (Å²) < 4.78 is 26.7. The second-order valence-electron chi connectivity index (χ2n) is 11.9. The van der Waals surface area contributed by atoms with Crippen molar-refractivity contribution < 1.29 is 27.9 Å². The predicted octanol–water partition coefficient (Wildman–Crippen LogP) is 3.48. The van der Waals surface area contributed by atoms with Crippen LogP contribution >= 0.6 is 0 Å². The highest BCUT2D eigenvalue weighted by molar-refractivity contribution is 7.89. The summed E-state index contributed by atoms with van der Waals surface area (Å²) in [5.41, 5.74) is 4.54. The van der Waals surface area contributed by atoms with Crippen LogP contribution in [0.3, 0.4) is 0 Å². The molecule has 1 fully saturated rings. The number of hydrogen-bond acceptors (Lipinski definition) is 6. The molecule has 1 aliphatic rings. The van der Waals surface area contributed by atoms with Crippen molar-refractivity contribution in [3.8, 4) is 11.1 Å². The number of benzene rings is 3. The lowest BCUT2D eigenvalue weighted by Crippen LogP contribution is -2.48. The molecule has 0 unspecified atom stereocenters. The number of aryl methyl sites for hydroxylation is 1. The van der Waals surface area contributed by atoms with Gasteiger partial charge in [0.05, 0.1) is 15.9 Å². The molecule has 13 nitrogen and oxygen atoms in total. The number of H-pyrrole nitrogens is 2. The van der Waals surface area contributed by atoms with E-state index in [1.54, 1.807) is 36.4 Å². The van der Waals surface area contributed by atoms with Crippen molar-refractivity contribution in [1.82, 2.24) is 25.3 Å². The molecule has 0 spiro atoms. The minimum atomic E-state index is -3.57. The molecule has 7 N–H and O–H groups in total. The van der Waals surface area contributed by atoms with Gasteiger partial charge in [-0.05, 0) is 98.2 Å². The molecule has 1 saturated carbocycles. The minimum absolute atomic E-state index is 0.162. The molecule has 1 aliphatic carbocycles. The van der Waals surface area contributed by atoms with Crippen molar-refractivity contribution >= 4 is 44.7 Å². The summed E-state index contributed by atoms with van der Waals surface area (Å²) in [7, 11) is -2.21. The molecule has 1 aromatic heterocycles. The molecule has 47 heavy (non-hydrogen) atoms. The largest absolute Gasteiger partial charge is 0.465 e. The Hall–Kier alpha value is -4.95. The summed E-state index contributed by atoms with van der Waals surface area (Å²) in [6.07, 6.45) is 1.72. The Morgan fingerprint density at radius 3 is 2.30 bits per heavy atom. The Balaban J connectivity index is 1.32. The van der Waals surface area contributed by atoms with Gasteiger partial charge in [-0.2, -0.15) is 0 Å². The van der Waals surface area contributed by atoms with Crippen molar-refractivity contribution in [3.63, 3.8) is 0 Å². The Morgan fingerprint density at radius 1 is 0.936 bits per heavy atom. The third-order valence-electron chi connectivity index (χ3n) is 8.66. The molecular formula is C33H38N6O7S. The quantitative estimate of drug-likeness (QED) is 0.127. The maximum absolute atomic E-state index is 13.6. The van der Waals surface area contributed by atoms with Crippen LogP contribution in [0.4, 0.5) is 10.5 Å². The Morgan fingerprint density at radius 2 is 1.64 bits per heavy atom. The number of fused-ring (bicyclic) bond motifs is 1. The van der Waals surface area contributed by atoms with E-state index in [0.717, 1.165) is 22.3 Å². The number of aromatic nitrogens is 2. The molecule has 0 bridgehead atoms. The van der Waals surface area contributed by atoms with Gasteiger partial charge in [0.15, 0.2) is 0 Å². The summed E-state index contributed by atoms with van der Waals surface area (Å²) in [4.78, 5) is 55.1. The van der Waals surface area contributed by atoms with Crippen LogP contribution in [0.5, 0.6) is 0 Å². The highest BCUT2D eigenvalue weighted by atomic mass is 32.2. The first-order valence-electron chi connectivity index (χ1n) is 15.4. The second kappa shape index (κ2) is 14.2. The van der Waals surface area contributed by atoms with Gasteiger partial charge < -0.3 is 31.0 Å². The zero-order valence-electron chi connectivity index (χ0n) is 26.1. The number of rotatable bonds is 11. The molecule has 0 radical (unpaired) electrons. The number of hydrogen-bond donors (Lipinski definition) is 7. The first-order chi connectivity index (χ1) is 22.4. The monoisotopic (exact) mass is 662 g/mol. The highest BCUT2D eigenvalue weighted by Crippen LogP contribution is 2.29. The van der Waals surface area contributed by atoms with E-state index in [1.165, 1.54) is 7.05 Å². The lowest BCUT2D eigenvalue weighted by Gasteiger charge is -2.29. The van der Waals surface area contributed by atoms with Crippen molar-refractivity contribution in [2.75, 3.05) is 18.9 Å². The lowest BCUT2D eigenvalue weighted by atomic mass is 9.81. The van der Waals surface area contributed by atoms with E-state index >= 15 is 0 Å². The fourth-order valence-corrected chi connectivity index (χ4v) is 6.81.